The van der Waals surface area contributed by atoms with E-state index in [1.54, 1.807) is 26.3 Å². The van der Waals surface area contributed by atoms with Crippen LogP contribution < -0.4 is 10.9 Å². The molecule has 2 aromatic rings. The monoisotopic (exact) mass is 290 g/mol. The maximum absolute atomic E-state index is 12.1. The number of carbonyl (C=O) groups is 1. The fourth-order valence-corrected chi connectivity index (χ4v) is 2.04. The minimum atomic E-state index is -0.345. The van der Waals surface area contributed by atoms with Gasteiger partial charge in [0, 0.05) is 24.6 Å². The lowest BCUT2D eigenvalue weighted by Gasteiger charge is -2.17. The van der Waals surface area contributed by atoms with Crippen molar-refractivity contribution < 1.29 is 9.53 Å². The Morgan fingerprint density at radius 2 is 2.24 bits per heavy atom. The Morgan fingerprint density at radius 1 is 1.43 bits per heavy atom. The smallest absolute Gasteiger partial charge is 0.267 e. The predicted octanol–water partition coefficient (Wildman–Crippen LogP) is 0.453. The number of pyridine rings is 1. The number of amides is 1. The van der Waals surface area contributed by atoms with E-state index in [9.17, 15) is 9.59 Å². The van der Waals surface area contributed by atoms with E-state index in [1.165, 1.54) is 0 Å². The van der Waals surface area contributed by atoms with Gasteiger partial charge in [0.05, 0.1) is 24.8 Å². The van der Waals surface area contributed by atoms with Gasteiger partial charge in [-0.25, -0.2) is 0 Å². The first-order valence-electron chi connectivity index (χ1n) is 6.57. The second-order valence-electron chi connectivity index (χ2n) is 4.69. The van der Waals surface area contributed by atoms with Crippen LogP contribution in [0, 0.1) is 6.92 Å². The molecule has 0 aliphatic heterocycles. The molecule has 2 heterocycles. The van der Waals surface area contributed by atoms with Crippen LogP contribution in [0.2, 0.25) is 0 Å². The van der Waals surface area contributed by atoms with Crippen molar-refractivity contribution in [1.82, 2.24) is 20.5 Å². The summed E-state index contributed by atoms with van der Waals surface area (Å²) in [5.41, 5.74) is 1.54. The van der Waals surface area contributed by atoms with E-state index in [2.05, 4.69) is 20.5 Å². The molecule has 2 rings (SSSR count). The number of hydrogen-bond acceptors (Lipinski definition) is 4. The molecule has 1 unspecified atom stereocenters. The fraction of sp³-hybridized carbons (Fsp3) is 0.357. The van der Waals surface area contributed by atoms with Crippen LogP contribution in [-0.2, 0) is 16.0 Å². The molecule has 0 fully saturated rings. The van der Waals surface area contributed by atoms with Crippen molar-refractivity contribution in [2.24, 2.45) is 0 Å². The SMILES string of the molecule is COCC(NC(=O)Cc1c(C)[nH][nH]c1=O)c1ccccn1. The molecule has 0 bridgehead atoms. The fourth-order valence-electron chi connectivity index (χ4n) is 2.04. The first-order chi connectivity index (χ1) is 10.1. The predicted molar refractivity (Wildman–Crippen MR) is 76.9 cm³/mol. The lowest BCUT2D eigenvalue weighted by molar-refractivity contribution is -0.121. The van der Waals surface area contributed by atoms with Crippen LogP contribution in [0.1, 0.15) is 23.0 Å². The summed E-state index contributed by atoms with van der Waals surface area (Å²) < 4.78 is 5.11. The zero-order valence-electron chi connectivity index (χ0n) is 12.0. The minimum absolute atomic E-state index is 0.0116. The topological polar surface area (TPSA) is 99.9 Å². The summed E-state index contributed by atoms with van der Waals surface area (Å²) in [7, 11) is 1.56. The average Bonchev–Trinajstić information content (AvgIpc) is 2.79. The third-order valence-electron chi connectivity index (χ3n) is 3.14. The molecule has 2 aromatic heterocycles. The molecule has 21 heavy (non-hydrogen) atoms. The summed E-state index contributed by atoms with van der Waals surface area (Å²) in [5.74, 6) is -0.254. The summed E-state index contributed by atoms with van der Waals surface area (Å²) in [6.07, 6.45) is 1.67. The minimum Gasteiger partial charge on any atom is -0.382 e. The summed E-state index contributed by atoms with van der Waals surface area (Å²) >= 11 is 0. The largest absolute Gasteiger partial charge is 0.382 e. The lowest BCUT2D eigenvalue weighted by Crippen LogP contribution is -2.33. The molecule has 0 radical (unpaired) electrons. The third-order valence-corrected chi connectivity index (χ3v) is 3.14. The highest BCUT2D eigenvalue weighted by atomic mass is 16.5. The first-order valence-corrected chi connectivity index (χ1v) is 6.57. The maximum atomic E-state index is 12.1. The highest BCUT2D eigenvalue weighted by Crippen LogP contribution is 2.10. The van der Waals surface area contributed by atoms with Crippen molar-refractivity contribution in [3.63, 3.8) is 0 Å². The summed E-state index contributed by atoms with van der Waals surface area (Å²) in [4.78, 5) is 27.9. The molecule has 112 valence electrons. The molecule has 7 heteroatoms. The van der Waals surface area contributed by atoms with Gasteiger partial charge >= 0.3 is 0 Å². The molecule has 0 aliphatic carbocycles. The molecule has 1 atom stereocenters. The molecule has 7 nitrogen and oxygen atoms in total. The average molecular weight is 290 g/mol. The zero-order valence-corrected chi connectivity index (χ0v) is 12.0. The number of aromatic nitrogens is 3. The molecular formula is C14H18N4O3. The van der Waals surface area contributed by atoms with Crippen LogP contribution in [0.5, 0.6) is 0 Å². The van der Waals surface area contributed by atoms with Gasteiger partial charge in [-0.05, 0) is 19.1 Å². The van der Waals surface area contributed by atoms with Gasteiger partial charge in [-0.15, -0.1) is 0 Å². The van der Waals surface area contributed by atoms with Gasteiger partial charge in [0.15, 0.2) is 0 Å². The van der Waals surface area contributed by atoms with Crippen LogP contribution in [0.3, 0.4) is 0 Å². The number of aromatic amines is 2. The normalized spacial score (nSPS) is 12.1. The van der Waals surface area contributed by atoms with Gasteiger partial charge in [-0.1, -0.05) is 6.07 Å². The second-order valence-corrected chi connectivity index (χ2v) is 4.69. The molecule has 3 N–H and O–H groups in total. The van der Waals surface area contributed by atoms with E-state index < -0.39 is 0 Å². The van der Waals surface area contributed by atoms with E-state index in [0.717, 1.165) is 0 Å². The first kappa shape index (κ1) is 15.0. The zero-order chi connectivity index (χ0) is 15.2. The van der Waals surface area contributed by atoms with Gasteiger partial charge in [0.1, 0.15) is 0 Å². The number of ether oxygens (including phenoxy) is 1. The van der Waals surface area contributed by atoms with Crippen molar-refractivity contribution in [3.8, 4) is 0 Å². The Bertz CT molecular complexity index is 648. The van der Waals surface area contributed by atoms with Crippen LogP contribution >= 0.6 is 0 Å². The molecule has 1 amide bonds. The van der Waals surface area contributed by atoms with Crippen LogP contribution in [-0.4, -0.2) is 34.8 Å². The van der Waals surface area contributed by atoms with E-state index in [1.807, 2.05) is 12.1 Å². The number of aryl methyl sites for hydroxylation is 1. The Labute approximate surface area is 121 Å². The van der Waals surface area contributed by atoms with Gasteiger partial charge in [-0.2, -0.15) is 0 Å². The number of nitrogens with zero attached hydrogens (tertiary/aromatic N) is 1. The van der Waals surface area contributed by atoms with E-state index in [4.69, 9.17) is 4.74 Å². The Hall–Kier alpha value is -2.41. The van der Waals surface area contributed by atoms with Crippen molar-refractivity contribution in [3.05, 3.63) is 51.7 Å². The number of carbonyl (C=O) groups excluding carboxylic acids is 1. The van der Waals surface area contributed by atoms with Crippen molar-refractivity contribution in [1.29, 1.82) is 0 Å². The molecule has 0 aromatic carbocycles. The maximum Gasteiger partial charge on any atom is 0.267 e. The van der Waals surface area contributed by atoms with Gasteiger partial charge in [0.2, 0.25) is 5.91 Å². The van der Waals surface area contributed by atoms with Crippen molar-refractivity contribution >= 4 is 5.91 Å². The Balaban J connectivity index is 2.07. The summed E-state index contributed by atoms with van der Waals surface area (Å²) in [5, 5.41) is 7.99. The highest BCUT2D eigenvalue weighted by molar-refractivity contribution is 5.79. The molecular weight excluding hydrogens is 272 g/mol. The van der Waals surface area contributed by atoms with Crippen LogP contribution in [0.15, 0.2) is 29.2 Å². The number of rotatable bonds is 6. The van der Waals surface area contributed by atoms with E-state index in [-0.39, 0.29) is 23.9 Å². The highest BCUT2D eigenvalue weighted by Gasteiger charge is 2.18. The lowest BCUT2D eigenvalue weighted by atomic mass is 10.1. The molecule has 0 spiro atoms. The van der Waals surface area contributed by atoms with Gasteiger partial charge in [-0.3, -0.25) is 19.7 Å². The van der Waals surface area contributed by atoms with E-state index >= 15 is 0 Å². The molecule has 0 saturated heterocycles. The molecule has 0 saturated carbocycles. The van der Waals surface area contributed by atoms with Gasteiger partial charge < -0.3 is 15.2 Å². The standard InChI is InChI=1S/C14H18N4O3/c1-9-10(14(20)18-17-9)7-13(19)16-12(8-21-2)11-5-3-4-6-15-11/h3-6,12H,7-8H2,1-2H3,(H,16,19)(H2,17,18,20). The summed E-state index contributed by atoms with van der Waals surface area (Å²) in [6, 6.07) is 5.12. The second kappa shape index (κ2) is 6.85. The van der Waals surface area contributed by atoms with Crippen molar-refractivity contribution in [2.75, 3.05) is 13.7 Å². The van der Waals surface area contributed by atoms with Crippen LogP contribution in [0.4, 0.5) is 0 Å². The number of H-pyrrole nitrogens is 2. The third kappa shape index (κ3) is 3.79. The summed E-state index contributed by atoms with van der Waals surface area (Å²) in [6.45, 7) is 2.05. The number of nitrogens with one attached hydrogen (secondary N) is 3. The van der Waals surface area contributed by atoms with Crippen LogP contribution in [0.25, 0.3) is 0 Å². The molecule has 0 aliphatic rings. The number of methoxy groups -OCH3 is 1. The Kier molecular flexibility index (Phi) is 4.89. The van der Waals surface area contributed by atoms with E-state index in [0.29, 0.717) is 23.6 Å². The van der Waals surface area contributed by atoms with Crippen molar-refractivity contribution in [2.45, 2.75) is 19.4 Å². The van der Waals surface area contributed by atoms with Gasteiger partial charge in [0.25, 0.3) is 5.56 Å². The quantitative estimate of drug-likeness (QED) is 0.719. The number of hydrogen-bond donors (Lipinski definition) is 3. The Morgan fingerprint density at radius 3 is 2.81 bits per heavy atom.